The van der Waals surface area contributed by atoms with Crippen LogP contribution in [0.3, 0.4) is 0 Å². The quantitative estimate of drug-likeness (QED) is 0.645. The molecule has 0 saturated carbocycles. The van der Waals surface area contributed by atoms with Gasteiger partial charge in [0.25, 0.3) is 5.56 Å². The van der Waals surface area contributed by atoms with Gasteiger partial charge in [0.2, 0.25) is 0 Å². The highest BCUT2D eigenvalue weighted by Crippen LogP contribution is 2.28. The van der Waals surface area contributed by atoms with E-state index in [1.807, 2.05) is 24.3 Å². The standard InChI is InChI=1S/C18H12Cl2N2O/c19-13-3-1-11(2-4-13)9-12-7-8-22-17(12)21-16-10-14(20)5-6-15(16)18(22)23/h1-6,9-10H,7-8H2/b12-9+. The summed E-state index contributed by atoms with van der Waals surface area (Å²) in [7, 11) is 0. The van der Waals surface area contributed by atoms with Crippen LogP contribution >= 0.6 is 23.2 Å². The molecule has 0 bridgehead atoms. The molecule has 0 unspecified atom stereocenters. The van der Waals surface area contributed by atoms with Gasteiger partial charge in [0.05, 0.1) is 10.9 Å². The van der Waals surface area contributed by atoms with E-state index < -0.39 is 0 Å². The topological polar surface area (TPSA) is 34.9 Å². The molecular formula is C18H12Cl2N2O. The van der Waals surface area contributed by atoms with Gasteiger partial charge >= 0.3 is 0 Å². The first-order valence-electron chi connectivity index (χ1n) is 7.28. The molecular weight excluding hydrogens is 331 g/mol. The van der Waals surface area contributed by atoms with E-state index in [2.05, 4.69) is 11.1 Å². The lowest BCUT2D eigenvalue weighted by Gasteiger charge is -2.06. The minimum absolute atomic E-state index is 0.0128. The maximum Gasteiger partial charge on any atom is 0.261 e. The van der Waals surface area contributed by atoms with Gasteiger partial charge in [-0.3, -0.25) is 9.36 Å². The van der Waals surface area contributed by atoms with Gasteiger partial charge in [-0.1, -0.05) is 35.3 Å². The van der Waals surface area contributed by atoms with Gasteiger partial charge < -0.3 is 0 Å². The van der Waals surface area contributed by atoms with Gasteiger partial charge in [-0.15, -0.1) is 0 Å². The molecule has 2 aromatic carbocycles. The minimum Gasteiger partial charge on any atom is -0.292 e. The largest absolute Gasteiger partial charge is 0.292 e. The Morgan fingerprint density at radius 3 is 2.57 bits per heavy atom. The van der Waals surface area contributed by atoms with Crippen molar-refractivity contribution in [2.24, 2.45) is 0 Å². The van der Waals surface area contributed by atoms with Crippen molar-refractivity contribution in [3.05, 3.63) is 74.3 Å². The Bertz CT molecular complexity index is 1000. The Balaban J connectivity index is 1.89. The number of hydrogen-bond acceptors (Lipinski definition) is 2. The number of nitrogens with zero attached hydrogens (tertiary/aromatic N) is 2. The van der Waals surface area contributed by atoms with Crippen molar-refractivity contribution in [1.82, 2.24) is 9.55 Å². The number of rotatable bonds is 1. The number of hydrogen-bond donors (Lipinski definition) is 0. The van der Waals surface area contributed by atoms with Crippen molar-refractivity contribution in [2.45, 2.75) is 13.0 Å². The maximum absolute atomic E-state index is 12.6. The van der Waals surface area contributed by atoms with E-state index in [1.165, 1.54) is 0 Å². The molecule has 1 aromatic heterocycles. The number of allylic oxidation sites excluding steroid dienone is 1. The summed E-state index contributed by atoms with van der Waals surface area (Å²) in [6, 6.07) is 12.8. The molecule has 0 spiro atoms. The first-order valence-corrected chi connectivity index (χ1v) is 8.04. The van der Waals surface area contributed by atoms with Crippen LogP contribution in [-0.2, 0) is 6.54 Å². The van der Waals surface area contributed by atoms with Crippen molar-refractivity contribution in [3.63, 3.8) is 0 Å². The molecule has 0 N–H and O–H groups in total. The molecule has 0 fully saturated rings. The maximum atomic E-state index is 12.6. The summed E-state index contributed by atoms with van der Waals surface area (Å²) in [6.07, 6.45) is 2.84. The third-order valence-electron chi connectivity index (χ3n) is 4.02. The van der Waals surface area contributed by atoms with Crippen LogP contribution in [-0.4, -0.2) is 9.55 Å². The van der Waals surface area contributed by atoms with Gasteiger partial charge in [-0.05, 0) is 54.0 Å². The molecule has 1 aliphatic heterocycles. The minimum atomic E-state index is -0.0128. The van der Waals surface area contributed by atoms with Gasteiger partial charge in [0.15, 0.2) is 0 Å². The van der Waals surface area contributed by atoms with Crippen molar-refractivity contribution < 1.29 is 0 Å². The smallest absolute Gasteiger partial charge is 0.261 e. The summed E-state index contributed by atoms with van der Waals surface area (Å²) in [6.45, 7) is 0.652. The zero-order valence-corrected chi connectivity index (χ0v) is 13.6. The first-order chi connectivity index (χ1) is 11.1. The van der Waals surface area contributed by atoms with Crippen molar-refractivity contribution in [2.75, 3.05) is 0 Å². The third-order valence-corrected chi connectivity index (χ3v) is 4.51. The van der Waals surface area contributed by atoms with Crippen LogP contribution in [0.4, 0.5) is 0 Å². The van der Waals surface area contributed by atoms with Crippen molar-refractivity contribution in [3.8, 4) is 0 Å². The molecule has 2 heterocycles. The monoisotopic (exact) mass is 342 g/mol. The summed E-state index contributed by atoms with van der Waals surface area (Å²) < 4.78 is 1.73. The first kappa shape index (κ1) is 14.5. The van der Waals surface area contributed by atoms with Crippen LogP contribution in [0.1, 0.15) is 17.8 Å². The molecule has 1 aliphatic rings. The molecule has 5 heteroatoms. The van der Waals surface area contributed by atoms with E-state index in [-0.39, 0.29) is 5.56 Å². The summed E-state index contributed by atoms with van der Waals surface area (Å²) in [4.78, 5) is 17.3. The fourth-order valence-electron chi connectivity index (χ4n) is 2.89. The van der Waals surface area contributed by atoms with Crippen LogP contribution < -0.4 is 5.56 Å². The molecule has 0 atom stereocenters. The Morgan fingerprint density at radius 2 is 1.78 bits per heavy atom. The second-order valence-electron chi connectivity index (χ2n) is 5.52. The highest BCUT2D eigenvalue weighted by atomic mass is 35.5. The van der Waals surface area contributed by atoms with E-state index in [9.17, 15) is 4.79 Å². The molecule has 0 saturated heterocycles. The van der Waals surface area contributed by atoms with E-state index in [0.29, 0.717) is 27.5 Å². The SMILES string of the molecule is O=c1c2ccc(Cl)cc2nc2n1CC/C2=C\c1ccc(Cl)cc1. The molecule has 0 radical (unpaired) electrons. The fourth-order valence-corrected chi connectivity index (χ4v) is 3.18. The molecule has 23 heavy (non-hydrogen) atoms. The molecule has 0 amide bonds. The highest BCUT2D eigenvalue weighted by molar-refractivity contribution is 6.31. The lowest BCUT2D eigenvalue weighted by molar-refractivity contribution is 0.725. The summed E-state index contributed by atoms with van der Waals surface area (Å²) in [5, 5.41) is 1.88. The van der Waals surface area contributed by atoms with Crippen LogP contribution in [0.5, 0.6) is 0 Å². The van der Waals surface area contributed by atoms with Crippen LogP contribution in [0.25, 0.3) is 22.6 Å². The zero-order valence-electron chi connectivity index (χ0n) is 12.1. The van der Waals surface area contributed by atoms with Gasteiger partial charge in [-0.25, -0.2) is 4.98 Å². The second-order valence-corrected chi connectivity index (χ2v) is 6.40. The Kier molecular flexibility index (Phi) is 3.47. The summed E-state index contributed by atoms with van der Waals surface area (Å²) >= 11 is 11.9. The Hall–Kier alpha value is -2.10. The highest BCUT2D eigenvalue weighted by Gasteiger charge is 2.20. The van der Waals surface area contributed by atoms with E-state index in [1.54, 1.807) is 22.8 Å². The van der Waals surface area contributed by atoms with Crippen molar-refractivity contribution >= 4 is 45.8 Å². The number of halogens is 2. The van der Waals surface area contributed by atoms with Crippen LogP contribution in [0.2, 0.25) is 10.0 Å². The van der Waals surface area contributed by atoms with Crippen molar-refractivity contribution in [1.29, 1.82) is 0 Å². The second kappa shape index (κ2) is 5.52. The predicted molar refractivity (Wildman–Crippen MR) is 95.0 cm³/mol. The Labute approximate surface area is 142 Å². The molecule has 3 aromatic rings. The third kappa shape index (κ3) is 2.56. The molecule has 0 aliphatic carbocycles. The number of fused-ring (bicyclic) bond motifs is 2. The summed E-state index contributed by atoms with van der Waals surface area (Å²) in [5.41, 5.74) is 2.71. The van der Waals surface area contributed by atoms with E-state index in [4.69, 9.17) is 23.2 Å². The van der Waals surface area contributed by atoms with Crippen LogP contribution in [0, 0.1) is 0 Å². The molecule has 3 nitrogen and oxygen atoms in total. The normalized spacial score (nSPS) is 15.3. The lowest BCUT2D eigenvalue weighted by atomic mass is 10.1. The predicted octanol–water partition coefficient (Wildman–Crippen LogP) is 4.65. The lowest BCUT2D eigenvalue weighted by Crippen LogP contribution is -2.20. The molecule has 114 valence electrons. The Morgan fingerprint density at radius 1 is 1.04 bits per heavy atom. The van der Waals surface area contributed by atoms with Crippen LogP contribution in [0.15, 0.2) is 47.3 Å². The number of benzene rings is 2. The zero-order chi connectivity index (χ0) is 16.0. The van der Waals surface area contributed by atoms with E-state index in [0.717, 1.165) is 23.4 Å². The van der Waals surface area contributed by atoms with Gasteiger partial charge in [0.1, 0.15) is 5.82 Å². The fraction of sp³-hybridized carbons (Fsp3) is 0.111. The summed E-state index contributed by atoms with van der Waals surface area (Å²) in [5.74, 6) is 0.722. The van der Waals surface area contributed by atoms with Gasteiger partial charge in [-0.2, -0.15) is 0 Å². The average molecular weight is 343 g/mol. The van der Waals surface area contributed by atoms with Gasteiger partial charge in [0, 0.05) is 16.6 Å². The van der Waals surface area contributed by atoms with E-state index >= 15 is 0 Å². The number of aromatic nitrogens is 2. The average Bonchev–Trinajstić information content (AvgIpc) is 2.93. The molecule has 4 rings (SSSR count).